The number of hydrogen-bond donors (Lipinski definition) is 2. The molecule has 9 heteroatoms. The van der Waals surface area contributed by atoms with E-state index >= 15 is 0 Å². The molecule has 2 rings (SSSR count). The minimum absolute atomic E-state index is 0.270. The van der Waals surface area contributed by atoms with Crippen LogP contribution in [0, 0.1) is 0 Å². The number of rotatable bonds is 9. The van der Waals surface area contributed by atoms with Crippen LogP contribution < -0.4 is 15.4 Å². The minimum Gasteiger partial charge on any atom is -0.456 e. The summed E-state index contributed by atoms with van der Waals surface area (Å²) in [7, 11) is 0. The first-order valence-electron chi connectivity index (χ1n) is 8.92. The zero-order valence-corrected chi connectivity index (χ0v) is 16.2. The molecule has 0 bridgehead atoms. The highest BCUT2D eigenvalue weighted by atomic mass is 16.5. The van der Waals surface area contributed by atoms with Crippen LogP contribution in [-0.2, 0) is 19.1 Å². The van der Waals surface area contributed by atoms with E-state index in [4.69, 9.17) is 9.47 Å². The number of nitrogens with one attached hydrogen (secondary N) is 2. The third kappa shape index (κ3) is 7.55. The smallest absolute Gasteiger partial charge is 0.325 e. The largest absolute Gasteiger partial charge is 0.456 e. The molecule has 0 spiro atoms. The fourth-order valence-electron chi connectivity index (χ4n) is 2.24. The fraction of sp³-hybridized carbons (Fsp3) is 0.190. The van der Waals surface area contributed by atoms with Crippen LogP contribution in [0.5, 0.6) is 5.75 Å². The molecule has 0 atom stereocenters. The van der Waals surface area contributed by atoms with Gasteiger partial charge in [0.05, 0.1) is 6.54 Å². The van der Waals surface area contributed by atoms with Gasteiger partial charge in [0.15, 0.2) is 12.4 Å². The van der Waals surface area contributed by atoms with Crippen molar-refractivity contribution in [3.63, 3.8) is 0 Å². The summed E-state index contributed by atoms with van der Waals surface area (Å²) in [5, 5.41) is 4.71. The van der Waals surface area contributed by atoms with Gasteiger partial charge in [-0.15, -0.1) is 0 Å². The van der Waals surface area contributed by atoms with E-state index in [0.29, 0.717) is 5.56 Å². The second-order valence-electron chi connectivity index (χ2n) is 6.03. The van der Waals surface area contributed by atoms with Gasteiger partial charge in [0, 0.05) is 18.1 Å². The molecule has 0 aliphatic carbocycles. The summed E-state index contributed by atoms with van der Waals surface area (Å²) < 4.78 is 9.68. The Hall–Kier alpha value is -4.01. The van der Waals surface area contributed by atoms with Crippen LogP contribution in [0.1, 0.15) is 27.6 Å². The molecular formula is C21H20N2O7. The Morgan fingerprint density at radius 3 is 2.10 bits per heavy atom. The third-order valence-corrected chi connectivity index (χ3v) is 3.68. The third-order valence-electron chi connectivity index (χ3n) is 3.68. The van der Waals surface area contributed by atoms with Gasteiger partial charge in [-0.25, -0.2) is 0 Å². The number of ether oxygens (including phenoxy) is 2. The second-order valence-corrected chi connectivity index (χ2v) is 6.03. The highest BCUT2D eigenvalue weighted by molar-refractivity contribution is 5.98. The van der Waals surface area contributed by atoms with E-state index < -0.39 is 42.7 Å². The number of esters is 2. The van der Waals surface area contributed by atoms with Crippen LogP contribution in [0.2, 0.25) is 0 Å². The Kier molecular flexibility index (Phi) is 8.25. The zero-order valence-electron chi connectivity index (χ0n) is 16.2. The van der Waals surface area contributed by atoms with E-state index in [1.165, 1.54) is 31.2 Å². The summed E-state index contributed by atoms with van der Waals surface area (Å²) in [6.07, 6.45) is 0. The number of carbonyl (C=O) groups excluding carboxylic acids is 5. The van der Waals surface area contributed by atoms with E-state index in [9.17, 15) is 24.0 Å². The van der Waals surface area contributed by atoms with E-state index in [1.807, 2.05) is 0 Å². The lowest BCUT2D eigenvalue weighted by atomic mass is 10.1. The summed E-state index contributed by atoms with van der Waals surface area (Å²) >= 11 is 0. The minimum atomic E-state index is -0.803. The van der Waals surface area contributed by atoms with E-state index in [1.54, 1.807) is 30.3 Å². The SMILES string of the molecule is CC(=O)Oc1ccc(C(=O)COC(=O)CNC(=O)CNC(=O)c2ccccc2)cc1. The molecule has 156 valence electrons. The number of carbonyl (C=O) groups is 5. The van der Waals surface area contributed by atoms with Crippen molar-refractivity contribution in [1.29, 1.82) is 0 Å². The van der Waals surface area contributed by atoms with E-state index in [0.717, 1.165) is 0 Å². The van der Waals surface area contributed by atoms with Crippen molar-refractivity contribution in [3.05, 3.63) is 65.7 Å². The molecule has 2 aromatic rings. The maximum atomic E-state index is 12.0. The zero-order chi connectivity index (χ0) is 21.9. The van der Waals surface area contributed by atoms with Crippen LogP contribution in [0.3, 0.4) is 0 Å². The highest BCUT2D eigenvalue weighted by Crippen LogP contribution is 2.13. The van der Waals surface area contributed by atoms with Crippen LogP contribution in [0.15, 0.2) is 54.6 Å². The molecule has 0 heterocycles. The number of Topliss-reactive ketones (excluding diaryl/α,β-unsaturated/α-hetero) is 1. The average Bonchev–Trinajstić information content (AvgIpc) is 2.75. The maximum Gasteiger partial charge on any atom is 0.325 e. The first kappa shape index (κ1) is 22.3. The van der Waals surface area contributed by atoms with Gasteiger partial charge >= 0.3 is 11.9 Å². The summed E-state index contributed by atoms with van der Waals surface area (Å²) in [5.74, 6) is -2.45. The Bertz CT molecular complexity index is 924. The number of benzene rings is 2. The topological polar surface area (TPSA) is 128 Å². The van der Waals surface area contributed by atoms with Crippen LogP contribution in [-0.4, -0.2) is 49.2 Å². The molecule has 9 nitrogen and oxygen atoms in total. The molecule has 0 aliphatic rings. The lowest BCUT2D eigenvalue weighted by Gasteiger charge is -2.08. The van der Waals surface area contributed by atoms with Crippen molar-refractivity contribution < 1.29 is 33.4 Å². The van der Waals surface area contributed by atoms with Gasteiger partial charge in [0.2, 0.25) is 5.91 Å². The van der Waals surface area contributed by atoms with Crippen molar-refractivity contribution in [3.8, 4) is 5.75 Å². The summed E-state index contributed by atoms with van der Waals surface area (Å²) in [5.41, 5.74) is 0.676. The Balaban J connectivity index is 1.67. The first-order valence-corrected chi connectivity index (χ1v) is 8.92. The molecule has 2 aromatic carbocycles. The Morgan fingerprint density at radius 2 is 1.47 bits per heavy atom. The molecule has 0 saturated heterocycles. The van der Waals surface area contributed by atoms with Crippen molar-refractivity contribution >= 4 is 29.5 Å². The molecule has 2 N–H and O–H groups in total. The van der Waals surface area contributed by atoms with E-state index in [-0.39, 0.29) is 17.9 Å². The van der Waals surface area contributed by atoms with Crippen LogP contribution >= 0.6 is 0 Å². The Morgan fingerprint density at radius 1 is 0.800 bits per heavy atom. The molecule has 0 fully saturated rings. The van der Waals surface area contributed by atoms with Gasteiger partial charge < -0.3 is 20.1 Å². The molecule has 0 radical (unpaired) electrons. The summed E-state index contributed by atoms with van der Waals surface area (Å²) in [6.45, 7) is -0.00575. The lowest BCUT2D eigenvalue weighted by molar-refractivity contribution is -0.142. The summed E-state index contributed by atoms with van der Waals surface area (Å²) in [6, 6.07) is 14.1. The van der Waals surface area contributed by atoms with Gasteiger partial charge in [0.1, 0.15) is 12.3 Å². The van der Waals surface area contributed by atoms with Gasteiger partial charge in [0.25, 0.3) is 5.91 Å². The first-order chi connectivity index (χ1) is 14.3. The molecule has 0 unspecified atom stereocenters. The lowest BCUT2D eigenvalue weighted by Crippen LogP contribution is -2.39. The fourth-order valence-corrected chi connectivity index (χ4v) is 2.24. The van der Waals surface area contributed by atoms with Crippen molar-refractivity contribution in [1.82, 2.24) is 10.6 Å². The predicted octanol–water partition coefficient (Wildman–Crippen LogP) is 0.884. The maximum absolute atomic E-state index is 12.0. The van der Waals surface area contributed by atoms with Crippen LogP contribution in [0.4, 0.5) is 0 Å². The quantitative estimate of drug-likeness (QED) is 0.355. The molecule has 0 aromatic heterocycles. The van der Waals surface area contributed by atoms with E-state index in [2.05, 4.69) is 10.6 Å². The average molecular weight is 412 g/mol. The highest BCUT2D eigenvalue weighted by Gasteiger charge is 2.12. The normalized spacial score (nSPS) is 9.90. The van der Waals surface area contributed by atoms with Crippen molar-refractivity contribution in [2.75, 3.05) is 19.7 Å². The number of amides is 2. The van der Waals surface area contributed by atoms with Crippen molar-refractivity contribution in [2.45, 2.75) is 6.92 Å². The Labute approximate surface area is 172 Å². The van der Waals surface area contributed by atoms with Gasteiger partial charge in [-0.1, -0.05) is 18.2 Å². The van der Waals surface area contributed by atoms with Gasteiger partial charge in [-0.2, -0.15) is 0 Å². The standard InChI is InChI=1S/C21H20N2O7/c1-14(24)30-17-9-7-15(8-10-17)18(25)13-29-20(27)12-22-19(26)11-23-21(28)16-5-3-2-4-6-16/h2-10H,11-13H2,1H3,(H,22,26)(H,23,28). The molecule has 0 aliphatic heterocycles. The number of ketones is 1. The van der Waals surface area contributed by atoms with Crippen LogP contribution in [0.25, 0.3) is 0 Å². The number of hydrogen-bond acceptors (Lipinski definition) is 7. The van der Waals surface area contributed by atoms with Gasteiger partial charge in [-0.05, 0) is 36.4 Å². The molecule has 0 saturated carbocycles. The monoisotopic (exact) mass is 412 g/mol. The predicted molar refractivity (Wildman–Crippen MR) is 105 cm³/mol. The van der Waals surface area contributed by atoms with Crippen molar-refractivity contribution in [2.24, 2.45) is 0 Å². The molecule has 2 amide bonds. The molecular weight excluding hydrogens is 392 g/mol. The summed E-state index contributed by atoms with van der Waals surface area (Å²) in [4.78, 5) is 58.1. The second kappa shape index (κ2) is 11.1. The van der Waals surface area contributed by atoms with Gasteiger partial charge in [-0.3, -0.25) is 24.0 Å². The molecule has 30 heavy (non-hydrogen) atoms.